The molecule has 3 rings (SSSR count). The fraction of sp³-hybridized carbons (Fsp3) is 0.500. The van der Waals surface area contributed by atoms with Crippen molar-refractivity contribution in [1.82, 2.24) is 25.5 Å². The second-order valence-electron chi connectivity index (χ2n) is 6.68. The van der Waals surface area contributed by atoms with E-state index in [-0.39, 0.29) is 30.5 Å². The van der Waals surface area contributed by atoms with Crippen LogP contribution in [0, 0.1) is 0 Å². The van der Waals surface area contributed by atoms with E-state index in [1.807, 2.05) is 12.1 Å². The molecule has 3 heterocycles. The number of piperazine rings is 1. The molecule has 2 aromatic rings. The molecule has 7 nitrogen and oxygen atoms in total. The molecule has 0 amide bonds. The Balaban J connectivity index is 0.00000320. The van der Waals surface area contributed by atoms with Gasteiger partial charge in [0.05, 0.1) is 6.54 Å². The molecule has 1 aliphatic heterocycles. The molecule has 30 heavy (non-hydrogen) atoms. The summed E-state index contributed by atoms with van der Waals surface area (Å²) in [4.78, 5) is 16.8. The quantitative estimate of drug-likeness (QED) is 0.336. The third-order valence-electron chi connectivity index (χ3n) is 4.59. The van der Waals surface area contributed by atoms with Crippen molar-refractivity contribution in [2.75, 3.05) is 45.2 Å². The van der Waals surface area contributed by atoms with Gasteiger partial charge in [-0.25, -0.2) is 9.97 Å². The fourth-order valence-electron chi connectivity index (χ4n) is 2.95. The number of pyridine rings is 1. The van der Waals surface area contributed by atoms with Crippen LogP contribution in [0.25, 0.3) is 0 Å². The number of anilines is 1. The van der Waals surface area contributed by atoms with Crippen LogP contribution in [0.1, 0.15) is 16.3 Å². The molecule has 0 aromatic carbocycles. The minimum atomic E-state index is -4.42. The van der Waals surface area contributed by atoms with E-state index in [1.54, 1.807) is 13.2 Å². The fourth-order valence-corrected chi connectivity index (χ4v) is 3.69. The summed E-state index contributed by atoms with van der Waals surface area (Å²) in [5, 5.41) is 7.57. The number of nitrogens with zero attached hydrogens (tertiary/aromatic N) is 5. The average molecular weight is 555 g/mol. The highest BCUT2D eigenvalue weighted by molar-refractivity contribution is 14.0. The second kappa shape index (κ2) is 11.1. The van der Waals surface area contributed by atoms with Gasteiger partial charge in [0.1, 0.15) is 10.8 Å². The molecule has 0 atom stereocenters. The summed E-state index contributed by atoms with van der Waals surface area (Å²) in [6, 6.07) is 3.90. The number of halogens is 4. The molecule has 0 saturated carbocycles. The number of hydrogen-bond acceptors (Lipinski definition) is 6. The highest BCUT2D eigenvalue weighted by Gasteiger charge is 2.33. The van der Waals surface area contributed by atoms with E-state index < -0.39 is 11.9 Å². The molecule has 1 fully saturated rings. The van der Waals surface area contributed by atoms with E-state index >= 15 is 0 Å². The lowest BCUT2D eigenvalue weighted by Gasteiger charge is -2.34. The number of nitrogens with one attached hydrogen (secondary N) is 2. The first kappa shape index (κ1) is 24.6. The lowest BCUT2D eigenvalue weighted by Crippen LogP contribution is -2.45. The monoisotopic (exact) mass is 555 g/mol. The normalized spacial score (nSPS) is 15.6. The number of hydrogen-bond donors (Lipinski definition) is 2. The second-order valence-corrected chi connectivity index (χ2v) is 7.62. The summed E-state index contributed by atoms with van der Waals surface area (Å²) in [6.07, 6.45) is -2.64. The van der Waals surface area contributed by atoms with Gasteiger partial charge in [0, 0.05) is 56.9 Å². The smallest absolute Gasteiger partial charge is 0.354 e. The van der Waals surface area contributed by atoms with Crippen molar-refractivity contribution < 1.29 is 13.2 Å². The standard InChI is InChI=1S/C18H24F3N7S.HI/c1-22-17(25-11-15-26-14(12-29-15)18(19,20)21)24-10-13-4-3-5-23-16(13)28-8-6-27(2)7-9-28;/h3-5,12H,6-11H2,1-2H3,(H2,22,24,25);1H. The number of likely N-dealkylation sites (N-methyl/N-ethyl adjacent to an activating group) is 1. The zero-order valence-electron chi connectivity index (χ0n) is 16.7. The minimum Gasteiger partial charge on any atom is -0.354 e. The van der Waals surface area contributed by atoms with E-state index in [0.29, 0.717) is 17.5 Å². The molecule has 12 heteroatoms. The highest BCUT2D eigenvalue weighted by atomic mass is 127. The van der Waals surface area contributed by atoms with Crippen LogP contribution in [0.4, 0.5) is 19.0 Å². The highest BCUT2D eigenvalue weighted by Crippen LogP contribution is 2.29. The molecule has 1 saturated heterocycles. The molecule has 166 valence electrons. The van der Waals surface area contributed by atoms with Gasteiger partial charge in [-0.15, -0.1) is 35.3 Å². The summed E-state index contributed by atoms with van der Waals surface area (Å²) < 4.78 is 38.0. The van der Waals surface area contributed by atoms with Gasteiger partial charge in [0.25, 0.3) is 0 Å². The Morgan fingerprint density at radius 1 is 1.20 bits per heavy atom. The number of alkyl halides is 3. The summed E-state index contributed by atoms with van der Waals surface area (Å²) in [6.45, 7) is 4.47. The van der Waals surface area contributed by atoms with E-state index in [2.05, 4.69) is 42.4 Å². The zero-order chi connectivity index (χ0) is 20.9. The topological polar surface area (TPSA) is 68.7 Å². The molecule has 0 spiro atoms. The van der Waals surface area contributed by atoms with Crippen molar-refractivity contribution in [3.63, 3.8) is 0 Å². The van der Waals surface area contributed by atoms with E-state index in [4.69, 9.17) is 0 Å². The molecule has 2 aromatic heterocycles. The van der Waals surface area contributed by atoms with Crippen LogP contribution >= 0.6 is 35.3 Å². The molecular weight excluding hydrogens is 530 g/mol. The number of aliphatic imine (C=N–C) groups is 1. The van der Waals surface area contributed by atoms with Gasteiger partial charge in [-0.1, -0.05) is 6.07 Å². The molecule has 0 unspecified atom stereocenters. The van der Waals surface area contributed by atoms with Crippen molar-refractivity contribution in [3.05, 3.63) is 40.0 Å². The van der Waals surface area contributed by atoms with Gasteiger partial charge >= 0.3 is 6.18 Å². The predicted molar refractivity (Wildman–Crippen MR) is 124 cm³/mol. The third-order valence-corrected chi connectivity index (χ3v) is 5.44. The zero-order valence-corrected chi connectivity index (χ0v) is 19.9. The van der Waals surface area contributed by atoms with Crippen molar-refractivity contribution in [2.45, 2.75) is 19.3 Å². The van der Waals surface area contributed by atoms with Crippen LogP contribution in [0.2, 0.25) is 0 Å². The Morgan fingerprint density at radius 3 is 2.53 bits per heavy atom. The SMILES string of the molecule is CN=C(NCc1nc(C(F)(F)F)cs1)NCc1cccnc1N1CCN(C)CC1.I. The van der Waals surface area contributed by atoms with Gasteiger partial charge in [0.2, 0.25) is 0 Å². The van der Waals surface area contributed by atoms with Crippen molar-refractivity contribution in [3.8, 4) is 0 Å². The van der Waals surface area contributed by atoms with Gasteiger partial charge in [0.15, 0.2) is 11.7 Å². The van der Waals surface area contributed by atoms with Gasteiger partial charge in [-0.2, -0.15) is 13.2 Å². The Bertz CT molecular complexity index is 835. The molecule has 0 bridgehead atoms. The number of guanidine groups is 1. The molecule has 0 aliphatic carbocycles. The maximum atomic E-state index is 12.7. The van der Waals surface area contributed by atoms with Crippen LogP contribution in [-0.4, -0.2) is 61.1 Å². The molecule has 2 N–H and O–H groups in total. The lowest BCUT2D eigenvalue weighted by atomic mass is 10.2. The Morgan fingerprint density at radius 2 is 1.90 bits per heavy atom. The van der Waals surface area contributed by atoms with Crippen LogP contribution in [0.3, 0.4) is 0 Å². The maximum Gasteiger partial charge on any atom is 0.434 e. The molecule has 0 radical (unpaired) electrons. The van der Waals surface area contributed by atoms with Crippen molar-refractivity contribution in [2.24, 2.45) is 4.99 Å². The van der Waals surface area contributed by atoms with Crippen LogP contribution in [-0.2, 0) is 19.3 Å². The first-order valence-corrected chi connectivity index (χ1v) is 10.1. The van der Waals surface area contributed by atoms with Gasteiger partial charge in [-0.05, 0) is 13.1 Å². The van der Waals surface area contributed by atoms with Crippen LogP contribution < -0.4 is 15.5 Å². The maximum absolute atomic E-state index is 12.7. The third kappa shape index (κ3) is 6.67. The largest absolute Gasteiger partial charge is 0.434 e. The minimum absolute atomic E-state index is 0. The lowest BCUT2D eigenvalue weighted by molar-refractivity contribution is -0.140. The summed E-state index contributed by atoms with van der Waals surface area (Å²) in [5.74, 6) is 1.43. The first-order valence-electron chi connectivity index (χ1n) is 9.20. The van der Waals surface area contributed by atoms with E-state index in [9.17, 15) is 13.2 Å². The summed E-state index contributed by atoms with van der Waals surface area (Å²) in [7, 11) is 3.72. The first-order chi connectivity index (χ1) is 13.9. The number of thiazole rings is 1. The number of rotatable bonds is 5. The average Bonchev–Trinajstić information content (AvgIpc) is 3.19. The molecular formula is C18H25F3IN7S. The van der Waals surface area contributed by atoms with E-state index in [0.717, 1.165) is 54.3 Å². The number of aromatic nitrogens is 2. The van der Waals surface area contributed by atoms with E-state index in [1.165, 1.54) is 0 Å². The van der Waals surface area contributed by atoms with Gasteiger partial charge in [-0.3, -0.25) is 4.99 Å². The summed E-state index contributed by atoms with van der Waals surface area (Å²) in [5.41, 5.74) is 0.169. The van der Waals surface area contributed by atoms with Crippen molar-refractivity contribution >= 4 is 47.1 Å². The Kier molecular flexibility index (Phi) is 9.09. The molecule has 1 aliphatic rings. The summed E-state index contributed by atoms with van der Waals surface area (Å²) >= 11 is 0.968. The predicted octanol–water partition coefficient (Wildman–Crippen LogP) is 2.79. The van der Waals surface area contributed by atoms with Crippen LogP contribution in [0.5, 0.6) is 0 Å². The Hall–Kier alpha value is -1.67. The Labute approximate surface area is 194 Å². The van der Waals surface area contributed by atoms with Gasteiger partial charge < -0.3 is 20.4 Å². The van der Waals surface area contributed by atoms with Crippen molar-refractivity contribution in [1.29, 1.82) is 0 Å². The van der Waals surface area contributed by atoms with Crippen LogP contribution in [0.15, 0.2) is 28.7 Å².